The lowest BCUT2D eigenvalue weighted by molar-refractivity contribution is -0.191. The minimum absolute atomic E-state index is 0.00425. The van der Waals surface area contributed by atoms with E-state index >= 15 is 0 Å². The van der Waals surface area contributed by atoms with E-state index in [2.05, 4.69) is 25.2 Å². The predicted octanol–water partition coefficient (Wildman–Crippen LogP) is 4.78. The highest BCUT2D eigenvalue weighted by molar-refractivity contribution is 5.95. The zero-order chi connectivity index (χ0) is 23.2. The Balaban J connectivity index is 0.00000107. The molecule has 1 aromatic carbocycles. The van der Waals surface area contributed by atoms with Gasteiger partial charge in [-0.1, -0.05) is 48.9 Å². The van der Waals surface area contributed by atoms with Gasteiger partial charge >= 0.3 is 12.1 Å². The minimum Gasteiger partial charge on any atom is -0.459 e. The number of cyclic esters (lactones) is 1. The second-order valence-electron chi connectivity index (χ2n) is 8.64. The van der Waals surface area contributed by atoms with E-state index in [0.717, 1.165) is 23.1 Å². The van der Waals surface area contributed by atoms with E-state index in [-0.39, 0.29) is 36.4 Å². The van der Waals surface area contributed by atoms with Gasteiger partial charge in [-0.2, -0.15) is 9.59 Å². The number of fused-ring (bicyclic) bond motifs is 2. The third-order valence-electron chi connectivity index (χ3n) is 5.34. The van der Waals surface area contributed by atoms with Crippen molar-refractivity contribution < 1.29 is 28.6 Å². The van der Waals surface area contributed by atoms with Crippen LogP contribution in [-0.4, -0.2) is 36.2 Å². The van der Waals surface area contributed by atoms with E-state index < -0.39 is 5.79 Å². The maximum Gasteiger partial charge on any atom is 0.373 e. The molecule has 0 N–H and O–H groups in total. The highest BCUT2D eigenvalue weighted by atomic mass is 16.8. The molecule has 0 aromatic heterocycles. The van der Waals surface area contributed by atoms with E-state index in [4.69, 9.17) is 23.8 Å². The molecule has 6 nitrogen and oxygen atoms in total. The van der Waals surface area contributed by atoms with Crippen molar-refractivity contribution in [3.63, 3.8) is 0 Å². The van der Waals surface area contributed by atoms with Crippen LogP contribution in [0.25, 0.3) is 6.08 Å². The summed E-state index contributed by atoms with van der Waals surface area (Å²) in [6.07, 6.45) is 9.76. The van der Waals surface area contributed by atoms with Gasteiger partial charge in [-0.25, -0.2) is 4.79 Å². The molecule has 31 heavy (non-hydrogen) atoms. The lowest BCUT2D eigenvalue weighted by atomic mass is 9.95. The lowest BCUT2D eigenvalue weighted by Crippen LogP contribution is -2.28. The van der Waals surface area contributed by atoms with Crippen LogP contribution in [0.3, 0.4) is 0 Å². The highest BCUT2D eigenvalue weighted by Gasteiger charge is 2.42. The fourth-order valence-corrected chi connectivity index (χ4v) is 4.12. The zero-order valence-corrected chi connectivity index (χ0v) is 19.1. The van der Waals surface area contributed by atoms with Crippen LogP contribution in [0.2, 0.25) is 0 Å². The van der Waals surface area contributed by atoms with Gasteiger partial charge in [0.2, 0.25) is 0 Å². The highest BCUT2D eigenvalue weighted by Crippen LogP contribution is 2.35. The van der Waals surface area contributed by atoms with Gasteiger partial charge < -0.3 is 14.2 Å². The zero-order valence-electron chi connectivity index (χ0n) is 19.1. The Morgan fingerprint density at radius 3 is 2.39 bits per heavy atom. The number of hydrogen-bond acceptors (Lipinski definition) is 6. The molecule has 0 bridgehead atoms. The Morgan fingerprint density at radius 2 is 1.71 bits per heavy atom. The van der Waals surface area contributed by atoms with Crippen molar-refractivity contribution >= 4 is 18.2 Å². The molecule has 6 heteroatoms. The van der Waals surface area contributed by atoms with Crippen LogP contribution in [0, 0.1) is 19.8 Å². The van der Waals surface area contributed by atoms with E-state index in [1.165, 1.54) is 0 Å². The molecule has 0 saturated carbocycles. The van der Waals surface area contributed by atoms with Gasteiger partial charge in [0, 0.05) is 12.3 Å². The van der Waals surface area contributed by atoms with Crippen molar-refractivity contribution in [3.05, 3.63) is 52.6 Å². The summed E-state index contributed by atoms with van der Waals surface area (Å²) in [6.45, 7) is 12.0. The normalized spacial score (nSPS) is 29.7. The topological polar surface area (TPSA) is 78.9 Å². The summed E-state index contributed by atoms with van der Waals surface area (Å²) >= 11 is 0. The Labute approximate surface area is 184 Å². The molecule has 1 aromatic rings. The molecule has 4 atom stereocenters. The SMILES string of the molecule is Cc1cc(C)c2c(c1)/C=C/C[C@@H]1OC(C)(C)O[C@@H]1C(C)/C=C\C[C@H](C)OC2=O.O=C=O. The van der Waals surface area contributed by atoms with Crippen LogP contribution in [-0.2, 0) is 23.8 Å². The summed E-state index contributed by atoms with van der Waals surface area (Å²) in [5.74, 6) is -0.637. The molecule has 2 aliphatic heterocycles. The van der Waals surface area contributed by atoms with E-state index in [0.29, 0.717) is 12.0 Å². The smallest absolute Gasteiger partial charge is 0.373 e. The number of benzene rings is 1. The van der Waals surface area contributed by atoms with E-state index in [1.807, 2.05) is 52.8 Å². The van der Waals surface area contributed by atoms with Crippen LogP contribution in [0.5, 0.6) is 0 Å². The molecule has 1 unspecified atom stereocenters. The fraction of sp³-hybridized carbons (Fsp3) is 0.520. The third-order valence-corrected chi connectivity index (χ3v) is 5.34. The quantitative estimate of drug-likeness (QED) is 0.437. The molecule has 2 aliphatic rings. The third kappa shape index (κ3) is 6.73. The van der Waals surface area contributed by atoms with Gasteiger partial charge in [-0.05, 0) is 52.2 Å². The Morgan fingerprint density at radius 1 is 1.03 bits per heavy atom. The van der Waals surface area contributed by atoms with E-state index in [9.17, 15) is 4.79 Å². The second kappa shape index (κ2) is 10.7. The number of ether oxygens (including phenoxy) is 3. The Kier molecular flexibility index (Phi) is 8.52. The molecule has 0 amide bonds. The number of rotatable bonds is 0. The summed E-state index contributed by atoms with van der Waals surface area (Å²) in [7, 11) is 0. The first-order chi connectivity index (χ1) is 14.6. The molecule has 1 fully saturated rings. The molecule has 3 rings (SSSR count). The molecular weight excluding hydrogens is 396 g/mol. The fourth-order valence-electron chi connectivity index (χ4n) is 4.12. The molecule has 0 radical (unpaired) electrons. The summed E-state index contributed by atoms with van der Waals surface area (Å²) in [5.41, 5.74) is 3.60. The number of carbonyl (C=O) groups excluding carboxylic acids is 3. The Bertz CT molecular complexity index is 876. The summed E-state index contributed by atoms with van der Waals surface area (Å²) in [6, 6.07) is 4.06. The predicted molar refractivity (Wildman–Crippen MR) is 116 cm³/mol. The first kappa shape index (κ1) is 24.7. The van der Waals surface area contributed by atoms with Gasteiger partial charge in [-0.15, -0.1) is 0 Å². The molecule has 0 aliphatic carbocycles. The van der Waals surface area contributed by atoms with Crippen LogP contribution >= 0.6 is 0 Å². The summed E-state index contributed by atoms with van der Waals surface area (Å²) in [4.78, 5) is 29.1. The van der Waals surface area contributed by atoms with Crippen LogP contribution in [0.4, 0.5) is 0 Å². The van der Waals surface area contributed by atoms with Gasteiger partial charge in [0.05, 0.1) is 17.8 Å². The van der Waals surface area contributed by atoms with Crippen LogP contribution in [0.15, 0.2) is 30.4 Å². The number of esters is 1. The first-order valence-corrected chi connectivity index (χ1v) is 10.6. The summed E-state index contributed by atoms with van der Waals surface area (Å²) < 4.78 is 18.1. The second-order valence-corrected chi connectivity index (χ2v) is 8.64. The lowest BCUT2D eigenvalue weighted by Gasteiger charge is -2.21. The maximum absolute atomic E-state index is 12.8. The average molecular weight is 429 g/mol. The Hall–Kier alpha value is -2.53. The van der Waals surface area contributed by atoms with Gasteiger partial charge in [0.1, 0.15) is 6.10 Å². The van der Waals surface area contributed by atoms with Crippen molar-refractivity contribution in [2.45, 2.75) is 78.5 Å². The number of aryl methyl sites for hydroxylation is 2. The van der Waals surface area contributed by atoms with Gasteiger partial charge in [-0.3, -0.25) is 0 Å². The van der Waals surface area contributed by atoms with Gasteiger partial charge in [0.25, 0.3) is 0 Å². The minimum atomic E-state index is -0.587. The van der Waals surface area contributed by atoms with Crippen molar-refractivity contribution in [2.24, 2.45) is 5.92 Å². The van der Waals surface area contributed by atoms with Crippen molar-refractivity contribution in [1.82, 2.24) is 0 Å². The largest absolute Gasteiger partial charge is 0.459 e. The van der Waals surface area contributed by atoms with Crippen molar-refractivity contribution in [3.8, 4) is 0 Å². The van der Waals surface area contributed by atoms with Crippen LogP contribution in [0.1, 0.15) is 67.6 Å². The average Bonchev–Trinajstić information content (AvgIpc) is 2.95. The standard InChI is InChI=1S/C24H32O4.CO2/c1-15-13-17(3)21-19(14-15)11-8-12-20-22(28-24(5,6)27-20)16(2)9-7-10-18(4)26-23(21)25;2-1-3/h7-9,11,13-14,16,18,20,22H,10,12H2,1-6H3;/b9-7-,11-8+;/t16?,18-,20-,22+;/m0./s1. The van der Waals surface area contributed by atoms with Crippen LogP contribution < -0.4 is 0 Å². The molecule has 2 heterocycles. The molecule has 0 spiro atoms. The molecule has 1 saturated heterocycles. The monoisotopic (exact) mass is 428 g/mol. The maximum atomic E-state index is 12.8. The number of carbonyl (C=O) groups is 1. The van der Waals surface area contributed by atoms with Gasteiger partial charge in [0.15, 0.2) is 5.79 Å². The van der Waals surface area contributed by atoms with Crippen molar-refractivity contribution in [1.29, 1.82) is 0 Å². The molecule has 168 valence electrons. The van der Waals surface area contributed by atoms with Crippen molar-refractivity contribution in [2.75, 3.05) is 0 Å². The number of hydrogen-bond donors (Lipinski definition) is 0. The molecular formula is C25H32O6. The summed E-state index contributed by atoms with van der Waals surface area (Å²) in [5, 5.41) is 0. The van der Waals surface area contributed by atoms with E-state index in [1.54, 1.807) is 0 Å². The first-order valence-electron chi connectivity index (χ1n) is 10.6.